The molecule has 3 heteroatoms. The molecule has 0 amide bonds. The summed E-state index contributed by atoms with van der Waals surface area (Å²) in [4.78, 5) is 0. The average molecular weight is 227 g/mol. The van der Waals surface area contributed by atoms with E-state index in [2.05, 4.69) is 12.2 Å². The highest BCUT2D eigenvalue weighted by molar-refractivity contribution is 5.20. The van der Waals surface area contributed by atoms with Gasteiger partial charge in [-0.1, -0.05) is 26.3 Å². The summed E-state index contributed by atoms with van der Waals surface area (Å²) in [6.45, 7) is 4.89. The van der Waals surface area contributed by atoms with Gasteiger partial charge in [0.2, 0.25) is 0 Å². The summed E-state index contributed by atoms with van der Waals surface area (Å²) >= 11 is 0. The number of hydrogen-bond acceptors (Lipinski definition) is 1. The normalized spacial score (nSPS) is 12.8. The summed E-state index contributed by atoms with van der Waals surface area (Å²) in [7, 11) is 0. The summed E-state index contributed by atoms with van der Waals surface area (Å²) in [6.07, 6.45) is 2.36. The minimum atomic E-state index is -0.445. The van der Waals surface area contributed by atoms with Crippen LogP contribution in [-0.2, 0) is 6.42 Å². The molecule has 1 aromatic carbocycles. The minimum Gasteiger partial charge on any atom is -0.314 e. The van der Waals surface area contributed by atoms with Crippen LogP contribution in [0.4, 0.5) is 8.78 Å². The van der Waals surface area contributed by atoms with Gasteiger partial charge in [-0.3, -0.25) is 0 Å². The minimum absolute atomic E-state index is 0.154. The van der Waals surface area contributed by atoms with Crippen LogP contribution in [0.3, 0.4) is 0 Å². The molecule has 0 saturated heterocycles. The molecule has 0 heterocycles. The van der Waals surface area contributed by atoms with Crippen molar-refractivity contribution in [1.82, 2.24) is 5.32 Å². The van der Waals surface area contributed by atoms with Crippen molar-refractivity contribution >= 4 is 0 Å². The predicted molar refractivity (Wildman–Crippen MR) is 62.4 cm³/mol. The van der Waals surface area contributed by atoms with Gasteiger partial charge in [-0.25, -0.2) is 8.78 Å². The lowest BCUT2D eigenvalue weighted by Gasteiger charge is -2.17. The van der Waals surface area contributed by atoms with Gasteiger partial charge in [0.1, 0.15) is 11.6 Å². The van der Waals surface area contributed by atoms with Gasteiger partial charge < -0.3 is 5.32 Å². The Morgan fingerprint density at radius 3 is 2.31 bits per heavy atom. The number of halogens is 2. The summed E-state index contributed by atoms with van der Waals surface area (Å²) in [5.74, 6) is -0.891. The van der Waals surface area contributed by atoms with Crippen molar-refractivity contribution in [3.8, 4) is 0 Å². The van der Waals surface area contributed by atoms with Crippen molar-refractivity contribution in [1.29, 1.82) is 0 Å². The average Bonchev–Trinajstić information content (AvgIpc) is 2.24. The highest BCUT2D eigenvalue weighted by Crippen LogP contribution is 2.15. The molecule has 0 aliphatic rings. The topological polar surface area (TPSA) is 12.0 Å². The third-order valence-corrected chi connectivity index (χ3v) is 2.64. The first-order valence-corrected chi connectivity index (χ1v) is 5.85. The van der Waals surface area contributed by atoms with Crippen LogP contribution < -0.4 is 5.32 Å². The molecule has 1 rings (SSSR count). The SMILES string of the molecule is CCCC(Cc1c(F)cccc1F)NCC. The van der Waals surface area contributed by atoms with Crippen LogP contribution in [0.2, 0.25) is 0 Å². The van der Waals surface area contributed by atoms with E-state index in [1.54, 1.807) is 0 Å². The van der Waals surface area contributed by atoms with Crippen molar-refractivity contribution in [3.05, 3.63) is 35.4 Å². The zero-order valence-corrected chi connectivity index (χ0v) is 9.89. The van der Waals surface area contributed by atoms with Gasteiger partial charge in [0.15, 0.2) is 0 Å². The molecule has 1 nitrogen and oxygen atoms in total. The van der Waals surface area contributed by atoms with Crippen LogP contribution in [0, 0.1) is 11.6 Å². The molecule has 0 radical (unpaired) electrons. The lowest BCUT2D eigenvalue weighted by molar-refractivity contribution is 0.460. The van der Waals surface area contributed by atoms with Crippen molar-refractivity contribution < 1.29 is 8.78 Å². The molecule has 0 bridgehead atoms. The molecule has 1 N–H and O–H groups in total. The second-order valence-electron chi connectivity index (χ2n) is 3.95. The van der Waals surface area contributed by atoms with E-state index in [4.69, 9.17) is 0 Å². The maximum atomic E-state index is 13.4. The van der Waals surface area contributed by atoms with Crippen molar-refractivity contribution in [2.45, 2.75) is 39.2 Å². The van der Waals surface area contributed by atoms with E-state index in [0.29, 0.717) is 6.42 Å². The van der Waals surface area contributed by atoms with Gasteiger partial charge in [0, 0.05) is 11.6 Å². The van der Waals surface area contributed by atoms with Crippen LogP contribution in [0.25, 0.3) is 0 Å². The quantitative estimate of drug-likeness (QED) is 0.786. The maximum absolute atomic E-state index is 13.4. The first-order valence-electron chi connectivity index (χ1n) is 5.85. The molecule has 0 saturated carbocycles. The molecule has 0 fully saturated rings. The van der Waals surface area contributed by atoms with E-state index in [0.717, 1.165) is 19.4 Å². The zero-order valence-electron chi connectivity index (χ0n) is 9.89. The smallest absolute Gasteiger partial charge is 0.129 e. The summed E-state index contributed by atoms with van der Waals surface area (Å²) in [5.41, 5.74) is 0.196. The summed E-state index contributed by atoms with van der Waals surface area (Å²) < 4.78 is 26.8. The highest BCUT2D eigenvalue weighted by atomic mass is 19.1. The van der Waals surface area contributed by atoms with Gasteiger partial charge in [-0.05, 0) is 31.5 Å². The van der Waals surface area contributed by atoms with Gasteiger partial charge in [0.25, 0.3) is 0 Å². The van der Waals surface area contributed by atoms with Crippen LogP contribution in [-0.4, -0.2) is 12.6 Å². The van der Waals surface area contributed by atoms with Crippen molar-refractivity contribution in [3.63, 3.8) is 0 Å². The number of benzene rings is 1. The Bertz CT molecular complexity index is 299. The van der Waals surface area contributed by atoms with Gasteiger partial charge in [-0.2, -0.15) is 0 Å². The highest BCUT2D eigenvalue weighted by Gasteiger charge is 2.14. The van der Waals surface area contributed by atoms with E-state index in [1.165, 1.54) is 18.2 Å². The van der Waals surface area contributed by atoms with Crippen LogP contribution in [0.1, 0.15) is 32.3 Å². The third-order valence-electron chi connectivity index (χ3n) is 2.64. The molecule has 16 heavy (non-hydrogen) atoms. The second kappa shape index (κ2) is 6.59. The largest absolute Gasteiger partial charge is 0.314 e. The number of hydrogen-bond donors (Lipinski definition) is 1. The van der Waals surface area contributed by atoms with Crippen LogP contribution in [0.15, 0.2) is 18.2 Å². The van der Waals surface area contributed by atoms with E-state index >= 15 is 0 Å². The molecule has 1 atom stereocenters. The first-order chi connectivity index (χ1) is 7.69. The van der Waals surface area contributed by atoms with Crippen LogP contribution >= 0.6 is 0 Å². The molecule has 1 aromatic rings. The van der Waals surface area contributed by atoms with E-state index in [-0.39, 0.29) is 11.6 Å². The summed E-state index contributed by atoms with van der Waals surface area (Å²) in [6, 6.07) is 4.18. The maximum Gasteiger partial charge on any atom is 0.129 e. The Morgan fingerprint density at radius 1 is 1.19 bits per heavy atom. The van der Waals surface area contributed by atoms with E-state index in [9.17, 15) is 8.78 Å². The number of likely N-dealkylation sites (N-methyl/N-ethyl adjacent to an activating group) is 1. The van der Waals surface area contributed by atoms with E-state index < -0.39 is 11.6 Å². The molecule has 90 valence electrons. The summed E-state index contributed by atoms with van der Waals surface area (Å²) in [5, 5.41) is 3.25. The molecule has 1 unspecified atom stereocenters. The van der Waals surface area contributed by atoms with Crippen LogP contribution in [0.5, 0.6) is 0 Å². The fourth-order valence-corrected chi connectivity index (χ4v) is 1.89. The Morgan fingerprint density at radius 2 is 1.81 bits per heavy atom. The molecule has 0 aliphatic carbocycles. The van der Waals surface area contributed by atoms with E-state index in [1.807, 2.05) is 6.92 Å². The monoisotopic (exact) mass is 227 g/mol. The lowest BCUT2D eigenvalue weighted by Crippen LogP contribution is -2.31. The first kappa shape index (κ1) is 13.1. The van der Waals surface area contributed by atoms with Gasteiger partial charge in [0.05, 0.1) is 0 Å². The molecule has 0 aliphatic heterocycles. The predicted octanol–water partition coefficient (Wildman–Crippen LogP) is 3.29. The Labute approximate surface area is 95.9 Å². The number of rotatable bonds is 6. The Balaban J connectivity index is 2.76. The standard InChI is InChI=1S/C13H19F2N/c1-3-6-10(16-4-2)9-11-12(14)7-5-8-13(11)15/h5,7-8,10,16H,3-4,6,9H2,1-2H3. The molecular weight excluding hydrogens is 208 g/mol. The third kappa shape index (κ3) is 3.56. The van der Waals surface area contributed by atoms with Gasteiger partial charge >= 0.3 is 0 Å². The lowest BCUT2D eigenvalue weighted by atomic mass is 10.0. The number of nitrogens with one attached hydrogen (secondary N) is 1. The second-order valence-corrected chi connectivity index (χ2v) is 3.95. The molecular formula is C13H19F2N. The Kier molecular flexibility index (Phi) is 5.39. The molecule has 0 aromatic heterocycles. The van der Waals surface area contributed by atoms with Gasteiger partial charge in [-0.15, -0.1) is 0 Å². The zero-order chi connectivity index (χ0) is 12.0. The van der Waals surface area contributed by atoms with Crippen molar-refractivity contribution in [2.75, 3.05) is 6.54 Å². The fraction of sp³-hybridized carbons (Fsp3) is 0.538. The van der Waals surface area contributed by atoms with Crippen molar-refractivity contribution in [2.24, 2.45) is 0 Å². The fourth-order valence-electron chi connectivity index (χ4n) is 1.89. The Hall–Kier alpha value is -0.960. The molecule has 0 spiro atoms.